The van der Waals surface area contributed by atoms with Crippen molar-refractivity contribution < 1.29 is 19.6 Å². The Bertz CT molecular complexity index is 1270. The van der Waals surface area contributed by atoms with Crippen LogP contribution in [0.2, 0.25) is 0 Å². The molecule has 1 saturated heterocycles. The van der Waals surface area contributed by atoms with Gasteiger partial charge in [-0.3, -0.25) is 24.6 Å². The Labute approximate surface area is 190 Å². The molecule has 33 heavy (non-hydrogen) atoms. The molecule has 0 aliphatic carbocycles. The monoisotopic (exact) mass is 443 g/mol. The van der Waals surface area contributed by atoms with E-state index in [1.807, 2.05) is 19.0 Å². The van der Waals surface area contributed by atoms with E-state index in [-0.39, 0.29) is 17.0 Å². The number of Topliss-reactive ketones (excluding diaryl/α,β-unsaturated/α-hetero) is 1. The smallest absolute Gasteiger partial charge is 0.300 e. The summed E-state index contributed by atoms with van der Waals surface area (Å²) in [7, 11) is 3.76. The van der Waals surface area contributed by atoms with E-state index in [1.165, 1.54) is 23.1 Å². The highest BCUT2D eigenvalue weighted by atomic mass is 16.6. The molecule has 1 aliphatic rings. The summed E-state index contributed by atoms with van der Waals surface area (Å²) in [6, 6.07) is 20.1. The van der Waals surface area contributed by atoms with Crippen LogP contribution in [0.15, 0.2) is 84.4 Å². The molecule has 1 atom stereocenters. The lowest BCUT2D eigenvalue weighted by Crippen LogP contribution is -2.29. The summed E-state index contributed by atoms with van der Waals surface area (Å²) in [4.78, 5) is 40.3. The first-order chi connectivity index (χ1) is 15.8. The zero-order chi connectivity index (χ0) is 23.7. The fourth-order valence-electron chi connectivity index (χ4n) is 3.89. The van der Waals surface area contributed by atoms with Crippen molar-refractivity contribution in [1.82, 2.24) is 0 Å². The number of aliphatic hydroxyl groups is 1. The number of nitro benzene ring substituents is 1. The normalized spacial score (nSPS) is 17.3. The topological polar surface area (TPSA) is 104 Å². The predicted octanol–water partition coefficient (Wildman–Crippen LogP) is 4.29. The Kier molecular flexibility index (Phi) is 5.66. The largest absolute Gasteiger partial charge is 0.507 e. The highest BCUT2D eigenvalue weighted by Gasteiger charge is 2.47. The summed E-state index contributed by atoms with van der Waals surface area (Å²) in [6.07, 6.45) is 0. The molecule has 0 saturated carbocycles. The molecule has 0 spiro atoms. The Morgan fingerprint density at radius 1 is 0.970 bits per heavy atom. The van der Waals surface area contributed by atoms with Gasteiger partial charge in [-0.05, 0) is 29.8 Å². The van der Waals surface area contributed by atoms with Gasteiger partial charge in [0, 0.05) is 43.2 Å². The molecule has 1 fully saturated rings. The van der Waals surface area contributed by atoms with E-state index in [9.17, 15) is 24.8 Å². The average Bonchev–Trinajstić information content (AvgIpc) is 3.09. The van der Waals surface area contributed by atoms with Crippen molar-refractivity contribution in [1.29, 1.82) is 0 Å². The lowest BCUT2D eigenvalue weighted by Gasteiger charge is -2.26. The molecule has 0 bridgehead atoms. The Morgan fingerprint density at radius 3 is 2.24 bits per heavy atom. The standard InChI is InChI=1S/C25H21N3O5/c1-26(2)18-11-13-19(14-12-18)27-22(17-9-6-10-20(15-17)28(32)33)21(24(30)25(27)31)23(29)16-7-4-3-5-8-16/h3-15,22,29H,1-2H3/b23-21+. The van der Waals surface area contributed by atoms with E-state index in [0.717, 1.165) is 5.69 Å². The lowest BCUT2D eigenvalue weighted by molar-refractivity contribution is -0.384. The van der Waals surface area contributed by atoms with E-state index in [2.05, 4.69) is 0 Å². The van der Waals surface area contributed by atoms with E-state index >= 15 is 0 Å². The van der Waals surface area contributed by atoms with Crippen molar-refractivity contribution in [3.8, 4) is 0 Å². The number of non-ortho nitro benzene ring substituents is 1. The molecular weight excluding hydrogens is 422 g/mol. The van der Waals surface area contributed by atoms with Gasteiger partial charge in [0.05, 0.1) is 16.5 Å². The van der Waals surface area contributed by atoms with Crippen LogP contribution in [0.3, 0.4) is 0 Å². The van der Waals surface area contributed by atoms with Gasteiger partial charge in [0.2, 0.25) is 0 Å². The van der Waals surface area contributed by atoms with Crippen LogP contribution in [0.1, 0.15) is 17.2 Å². The van der Waals surface area contributed by atoms with Crippen molar-refractivity contribution >= 4 is 34.5 Å². The minimum atomic E-state index is -1.03. The number of hydrogen-bond donors (Lipinski definition) is 1. The number of amides is 1. The van der Waals surface area contributed by atoms with Gasteiger partial charge in [0.15, 0.2) is 0 Å². The predicted molar refractivity (Wildman–Crippen MR) is 125 cm³/mol. The lowest BCUT2D eigenvalue weighted by atomic mass is 9.95. The number of carbonyl (C=O) groups is 2. The van der Waals surface area contributed by atoms with Crippen LogP contribution in [0.4, 0.5) is 17.1 Å². The molecule has 0 radical (unpaired) electrons. The molecule has 166 valence electrons. The molecule has 0 aromatic heterocycles. The van der Waals surface area contributed by atoms with E-state index in [0.29, 0.717) is 16.8 Å². The summed E-state index contributed by atoms with van der Waals surface area (Å²) in [5, 5.41) is 22.4. The number of aliphatic hydroxyl groups excluding tert-OH is 1. The zero-order valence-corrected chi connectivity index (χ0v) is 18.0. The molecule has 3 aromatic carbocycles. The van der Waals surface area contributed by atoms with Crippen molar-refractivity contribution in [2.45, 2.75) is 6.04 Å². The van der Waals surface area contributed by atoms with Gasteiger partial charge in [0.1, 0.15) is 5.76 Å². The van der Waals surface area contributed by atoms with E-state index in [4.69, 9.17) is 0 Å². The molecule has 1 aliphatic heterocycles. The molecule has 3 aromatic rings. The Hall–Kier alpha value is -4.46. The molecule has 1 amide bonds. The van der Waals surface area contributed by atoms with Crippen molar-refractivity contribution in [3.05, 3.63) is 106 Å². The van der Waals surface area contributed by atoms with Gasteiger partial charge in [-0.1, -0.05) is 42.5 Å². The number of ketones is 1. The van der Waals surface area contributed by atoms with Crippen molar-refractivity contribution in [3.63, 3.8) is 0 Å². The van der Waals surface area contributed by atoms with Crippen LogP contribution < -0.4 is 9.80 Å². The van der Waals surface area contributed by atoms with Gasteiger partial charge >= 0.3 is 0 Å². The van der Waals surface area contributed by atoms with Crippen LogP contribution in [-0.2, 0) is 9.59 Å². The van der Waals surface area contributed by atoms with Gasteiger partial charge < -0.3 is 10.0 Å². The first-order valence-corrected chi connectivity index (χ1v) is 10.2. The van der Waals surface area contributed by atoms with Crippen molar-refractivity contribution in [2.24, 2.45) is 0 Å². The molecule has 1 unspecified atom stereocenters. The summed E-state index contributed by atoms with van der Waals surface area (Å²) in [5.74, 6) is -2.01. The number of nitro groups is 1. The van der Waals surface area contributed by atoms with Gasteiger partial charge in [-0.2, -0.15) is 0 Å². The fourth-order valence-corrected chi connectivity index (χ4v) is 3.89. The number of hydrogen-bond acceptors (Lipinski definition) is 6. The second-order valence-electron chi connectivity index (χ2n) is 7.80. The van der Waals surface area contributed by atoms with E-state index < -0.39 is 22.7 Å². The third-order valence-corrected chi connectivity index (χ3v) is 5.53. The molecule has 1 heterocycles. The molecule has 8 nitrogen and oxygen atoms in total. The Morgan fingerprint density at radius 2 is 1.64 bits per heavy atom. The van der Waals surface area contributed by atoms with Gasteiger partial charge in [-0.25, -0.2) is 0 Å². The summed E-state index contributed by atoms with van der Waals surface area (Å²) < 4.78 is 0. The maximum Gasteiger partial charge on any atom is 0.300 e. The third-order valence-electron chi connectivity index (χ3n) is 5.53. The number of rotatable bonds is 5. The summed E-state index contributed by atoms with van der Waals surface area (Å²) >= 11 is 0. The number of nitrogens with zero attached hydrogens (tertiary/aromatic N) is 3. The first kappa shape index (κ1) is 21.8. The molecule has 8 heteroatoms. The van der Waals surface area contributed by atoms with Crippen LogP contribution in [0, 0.1) is 10.1 Å². The van der Waals surface area contributed by atoms with Crippen LogP contribution in [0.25, 0.3) is 5.76 Å². The SMILES string of the molecule is CN(C)c1ccc(N2C(=O)C(=O)/C(=C(/O)c3ccccc3)C2c2cccc([N+](=O)[O-])c2)cc1. The average molecular weight is 443 g/mol. The number of carbonyl (C=O) groups excluding carboxylic acids is 2. The first-order valence-electron chi connectivity index (χ1n) is 10.2. The maximum absolute atomic E-state index is 13.2. The maximum atomic E-state index is 13.2. The van der Waals surface area contributed by atoms with E-state index in [1.54, 1.807) is 60.7 Å². The second kappa shape index (κ2) is 8.58. The van der Waals surface area contributed by atoms with Gasteiger partial charge in [0.25, 0.3) is 17.4 Å². The van der Waals surface area contributed by atoms with Crippen LogP contribution in [0.5, 0.6) is 0 Å². The highest BCUT2D eigenvalue weighted by Crippen LogP contribution is 2.43. The number of anilines is 2. The molecule has 1 N–H and O–H groups in total. The van der Waals surface area contributed by atoms with Crippen LogP contribution >= 0.6 is 0 Å². The van der Waals surface area contributed by atoms with Gasteiger partial charge in [-0.15, -0.1) is 0 Å². The highest BCUT2D eigenvalue weighted by molar-refractivity contribution is 6.51. The fraction of sp³-hybridized carbons (Fsp3) is 0.120. The number of benzene rings is 3. The zero-order valence-electron chi connectivity index (χ0n) is 18.0. The Balaban J connectivity index is 1.94. The molecular formula is C25H21N3O5. The molecule has 4 rings (SSSR count). The van der Waals surface area contributed by atoms with Crippen molar-refractivity contribution in [2.75, 3.05) is 23.9 Å². The summed E-state index contributed by atoms with van der Waals surface area (Å²) in [6.45, 7) is 0. The quantitative estimate of drug-likeness (QED) is 0.207. The minimum Gasteiger partial charge on any atom is -0.507 e. The summed E-state index contributed by atoms with van der Waals surface area (Å²) in [5.41, 5.74) is 1.74. The third kappa shape index (κ3) is 3.94. The minimum absolute atomic E-state index is 0.122. The van der Waals surface area contributed by atoms with Crippen LogP contribution in [-0.4, -0.2) is 35.8 Å². The second-order valence-corrected chi connectivity index (χ2v) is 7.80.